The average molecular weight is 530 g/mol. The molecule has 0 saturated carbocycles. The molecular formula is C28H21BrFN3O2. The molecule has 1 aromatic heterocycles. The zero-order valence-electron chi connectivity index (χ0n) is 18.9. The molecule has 5 aromatic rings. The molecular weight excluding hydrogens is 509 g/mol. The van der Waals surface area contributed by atoms with E-state index in [1.165, 1.54) is 16.8 Å². The number of halogens is 2. The third kappa shape index (κ3) is 4.72. The van der Waals surface area contributed by atoms with Crippen molar-refractivity contribution in [3.63, 3.8) is 0 Å². The van der Waals surface area contributed by atoms with Crippen LogP contribution in [0.4, 0.5) is 4.39 Å². The van der Waals surface area contributed by atoms with Crippen LogP contribution < -0.4 is 10.3 Å². The van der Waals surface area contributed by atoms with Gasteiger partial charge in [-0.25, -0.2) is 9.37 Å². The molecule has 0 atom stereocenters. The highest BCUT2D eigenvalue weighted by atomic mass is 79.9. The van der Waals surface area contributed by atoms with E-state index in [9.17, 15) is 9.18 Å². The van der Waals surface area contributed by atoms with E-state index in [2.05, 4.69) is 26.0 Å². The lowest BCUT2D eigenvalue weighted by atomic mass is 10.0. The van der Waals surface area contributed by atoms with Crippen molar-refractivity contribution in [3.05, 3.63) is 116 Å². The van der Waals surface area contributed by atoms with Gasteiger partial charge in [0.25, 0.3) is 5.56 Å². The van der Waals surface area contributed by atoms with Gasteiger partial charge < -0.3 is 4.74 Å². The maximum absolute atomic E-state index is 13.3. The van der Waals surface area contributed by atoms with E-state index in [1.807, 2.05) is 55.5 Å². The largest absolute Gasteiger partial charge is 0.488 e. The Kier molecular flexibility index (Phi) is 6.42. The minimum Gasteiger partial charge on any atom is -0.488 e. The van der Waals surface area contributed by atoms with Crippen molar-refractivity contribution >= 4 is 43.8 Å². The number of aryl methyl sites for hydroxylation is 1. The lowest BCUT2D eigenvalue weighted by Gasteiger charge is -2.13. The molecule has 0 N–H and O–H groups in total. The van der Waals surface area contributed by atoms with Gasteiger partial charge in [-0.1, -0.05) is 65.3 Å². The number of fused-ring (bicyclic) bond motifs is 2. The monoisotopic (exact) mass is 529 g/mol. The Morgan fingerprint density at radius 1 is 1.03 bits per heavy atom. The van der Waals surface area contributed by atoms with Crippen LogP contribution >= 0.6 is 15.9 Å². The van der Waals surface area contributed by atoms with Crippen molar-refractivity contribution in [2.24, 2.45) is 5.10 Å². The SMILES string of the molecule is CCc1nc2ccc(Br)cc2c(=O)n1N=Cc1c(OCc2ccc(F)cc2)ccc2ccccc12. The van der Waals surface area contributed by atoms with E-state index < -0.39 is 0 Å². The predicted octanol–water partition coefficient (Wildman–Crippen LogP) is 6.47. The van der Waals surface area contributed by atoms with Gasteiger partial charge in [0, 0.05) is 16.5 Å². The summed E-state index contributed by atoms with van der Waals surface area (Å²) >= 11 is 3.43. The van der Waals surface area contributed by atoms with Crippen LogP contribution in [0, 0.1) is 5.82 Å². The summed E-state index contributed by atoms with van der Waals surface area (Å²) in [4.78, 5) is 17.9. The molecule has 0 aliphatic rings. The van der Waals surface area contributed by atoms with E-state index in [1.54, 1.807) is 24.4 Å². The van der Waals surface area contributed by atoms with Crippen LogP contribution in [0.15, 0.2) is 93.2 Å². The van der Waals surface area contributed by atoms with Crippen molar-refractivity contribution in [3.8, 4) is 5.75 Å². The first-order valence-corrected chi connectivity index (χ1v) is 12.0. The second kappa shape index (κ2) is 9.80. The van der Waals surface area contributed by atoms with Crippen LogP contribution in [-0.2, 0) is 13.0 Å². The third-order valence-electron chi connectivity index (χ3n) is 5.73. The number of rotatable bonds is 6. The van der Waals surface area contributed by atoms with Crippen molar-refractivity contribution in [1.29, 1.82) is 0 Å². The van der Waals surface area contributed by atoms with E-state index >= 15 is 0 Å². The normalized spacial score (nSPS) is 11.5. The van der Waals surface area contributed by atoms with E-state index in [0.717, 1.165) is 26.4 Å². The van der Waals surface area contributed by atoms with Crippen LogP contribution in [-0.4, -0.2) is 15.9 Å². The minimum absolute atomic E-state index is 0.238. The number of hydrogen-bond donors (Lipinski definition) is 0. The van der Waals surface area contributed by atoms with Crippen molar-refractivity contribution in [2.75, 3.05) is 0 Å². The van der Waals surface area contributed by atoms with E-state index in [4.69, 9.17) is 4.74 Å². The van der Waals surface area contributed by atoms with Gasteiger partial charge in [-0.05, 0) is 52.7 Å². The highest BCUT2D eigenvalue weighted by Gasteiger charge is 2.12. The van der Waals surface area contributed by atoms with Crippen LogP contribution in [0.25, 0.3) is 21.7 Å². The second-order valence-corrected chi connectivity index (χ2v) is 8.93. The van der Waals surface area contributed by atoms with Gasteiger partial charge in [0.15, 0.2) is 0 Å². The molecule has 35 heavy (non-hydrogen) atoms. The number of ether oxygens (including phenoxy) is 1. The molecule has 5 rings (SSSR count). The Balaban J connectivity index is 1.60. The molecule has 0 saturated heterocycles. The molecule has 0 fully saturated rings. The summed E-state index contributed by atoms with van der Waals surface area (Å²) in [5.74, 6) is 0.884. The number of aromatic nitrogens is 2. The summed E-state index contributed by atoms with van der Waals surface area (Å²) in [5, 5.41) is 7.02. The number of benzene rings is 4. The molecule has 0 spiro atoms. The topological polar surface area (TPSA) is 56.5 Å². The standard InChI is InChI=1S/C28H21BrFN3O2/c1-2-27-32-25-13-10-20(29)15-23(25)28(34)33(27)31-16-24-22-6-4-3-5-19(22)9-14-26(24)35-17-18-7-11-21(30)12-8-18/h3-16H,2,17H2,1H3. The number of nitrogens with zero attached hydrogens (tertiary/aromatic N) is 3. The van der Waals surface area contributed by atoms with Gasteiger partial charge in [-0.3, -0.25) is 4.79 Å². The second-order valence-electron chi connectivity index (χ2n) is 8.02. The van der Waals surface area contributed by atoms with Crippen LogP contribution in [0.5, 0.6) is 5.75 Å². The maximum atomic E-state index is 13.3. The summed E-state index contributed by atoms with van der Waals surface area (Å²) in [5.41, 5.74) is 1.98. The fraction of sp³-hybridized carbons (Fsp3) is 0.107. The Morgan fingerprint density at radius 3 is 2.63 bits per heavy atom. The van der Waals surface area contributed by atoms with E-state index in [-0.39, 0.29) is 18.0 Å². The molecule has 7 heteroatoms. The van der Waals surface area contributed by atoms with Crippen LogP contribution in [0.3, 0.4) is 0 Å². The van der Waals surface area contributed by atoms with Gasteiger partial charge >= 0.3 is 0 Å². The van der Waals surface area contributed by atoms with E-state index in [0.29, 0.717) is 28.9 Å². The van der Waals surface area contributed by atoms with Gasteiger partial charge in [0.05, 0.1) is 17.1 Å². The summed E-state index contributed by atoms with van der Waals surface area (Å²) in [6.45, 7) is 2.21. The minimum atomic E-state index is -0.291. The molecule has 174 valence electrons. The highest BCUT2D eigenvalue weighted by molar-refractivity contribution is 9.10. The third-order valence-corrected chi connectivity index (χ3v) is 6.23. The quantitative estimate of drug-likeness (QED) is 0.236. The molecule has 5 nitrogen and oxygen atoms in total. The molecule has 4 aromatic carbocycles. The summed E-state index contributed by atoms with van der Waals surface area (Å²) < 4.78 is 21.5. The molecule has 0 amide bonds. The van der Waals surface area contributed by atoms with Gasteiger partial charge in [0.2, 0.25) is 0 Å². The summed E-state index contributed by atoms with van der Waals surface area (Å²) in [6.07, 6.45) is 2.19. The number of hydrogen-bond acceptors (Lipinski definition) is 4. The van der Waals surface area contributed by atoms with Gasteiger partial charge in [-0.2, -0.15) is 9.78 Å². The molecule has 0 aliphatic carbocycles. The zero-order chi connectivity index (χ0) is 24.4. The summed E-state index contributed by atoms with van der Waals surface area (Å²) in [7, 11) is 0. The van der Waals surface area contributed by atoms with Crippen molar-refractivity contribution < 1.29 is 9.13 Å². The van der Waals surface area contributed by atoms with Crippen LogP contribution in [0.2, 0.25) is 0 Å². The Bertz CT molecular complexity index is 1630. The highest BCUT2D eigenvalue weighted by Crippen LogP contribution is 2.28. The summed E-state index contributed by atoms with van der Waals surface area (Å²) in [6, 6.07) is 23.4. The zero-order valence-corrected chi connectivity index (χ0v) is 20.5. The van der Waals surface area contributed by atoms with Crippen LogP contribution in [0.1, 0.15) is 23.9 Å². The average Bonchev–Trinajstić information content (AvgIpc) is 2.88. The van der Waals surface area contributed by atoms with Gasteiger partial charge in [0.1, 0.15) is 24.0 Å². The van der Waals surface area contributed by atoms with Crippen molar-refractivity contribution in [2.45, 2.75) is 20.0 Å². The Hall–Kier alpha value is -3.84. The smallest absolute Gasteiger partial charge is 0.282 e. The molecule has 1 heterocycles. The first kappa shape index (κ1) is 22.9. The lowest BCUT2D eigenvalue weighted by molar-refractivity contribution is 0.306. The maximum Gasteiger partial charge on any atom is 0.282 e. The Labute approximate surface area is 209 Å². The fourth-order valence-corrected chi connectivity index (χ4v) is 4.30. The molecule has 0 radical (unpaired) electrons. The first-order valence-electron chi connectivity index (χ1n) is 11.2. The lowest BCUT2D eigenvalue weighted by Crippen LogP contribution is -2.22. The predicted molar refractivity (Wildman–Crippen MR) is 141 cm³/mol. The fourth-order valence-electron chi connectivity index (χ4n) is 3.93. The molecule has 0 bridgehead atoms. The Morgan fingerprint density at radius 2 is 1.83 bits per heavy atom. The molecule has 0 aliphatic heterocycles. The first-order chi connectivity index (χ1) is 17.0. The van der Waals surface area contributed by atoms with Crippen molar-refractivity contribution in [1.82, 2.24) is 9.66 Å². The molecule has 0 unspecified atom stereocenters. The van der Waals surface area contributed by atoms with Gasteiger partial charge in [-0.15, -0.1) is 0 Å².